The van der Waals surface area contributed by atoms with Crippen LogP contribution in [0.1, 0.15) is 30.9 Å². The number of amides is 1. The summed E-state index contributed by atoms with van der Waals surface area (Å²) in [4.78, 5) is 36.5. The van der Waals surface area contributed by atoms with Gasteiger partial charge in [-0.1, -0.05) is 22.0 Å². The quantitative estimate of drug-likeness (QED) is 0.607. The number of rotatable bonds is 7. The van der Waals surface area contributed by atoms with Crippen molar-refractivity contribution in [1.29, 1.82) is 0 Å². The van der Waals surface area contributed by atoms with Crippen LogP contribution in [0.5, 0.6) is 0 Å². The van der Waals surface area contributed by atoms with Crippen molar-refractivity contribution in [2.24, 2.45) is 5.73 Å². The Morgan fingerprint density at radius 1 is 1.30 bits per heavy atom. The van der Waals surface area contributed by atoms with Gasteiger partial charge in [-0.25, -0.2) is 0 Å². The summed E-state index contributed by atoms with van der Waals surface area (Å²) < 4.78 is 2.55. The summed E-state index contributed by atoms with van der Waals surface area (Å²) in [5.74, 6) is -2.53. The van der Waals surface area contributed by atoms with Gasteiger partial charge in [0.15, 0.2) is 0 Å². The van der Waals surface area contributed by atoms with Crippen molar-refractivity contribution in [3.63, 3.8) is 0 Å². The van der Waals surface area contributed by atoms with Crippen LogP contribution in [0.15, 0.2) is 28.9 Å². The molecule has 1 aliphatic rings. The molecule has 0 radical (unpaired) electrons. The number of aliphatic carboxylic acids is 2. The lowest BCUT2D eigenvalue weighted by Gasteiger charge is -2.28. The number of benzene rings is 1. The molecule has 4 N–H and O–H groups in total. The van der Waals surface area contributed by atoms with Gasteiger partial charge in [0.25, 0.3) is 0 Å². The van der Waals surface area contributed by atoms with Gasteiger partial charge >= 0.3 is 11.9 Å². The van der Waals surface area contributed by atoms with E-state index in [9.17, 15) is 19.5 Å². The average molecular weight is 438 g/mol. The smallest absolute Gasteiger partial charge is 0.325 e. The van der Waals surface area contributed by atoms with Gasteiger partial charge in [0.05, 0.1) is 12.5 Å². The highest BCUT2D eigenvalue weighted by Crippen LogP contribution is 2.36. The molecule has 2 aromatic rings. The molecule has 0 bridgehead atoms. The first kappa shape index (κ1) is 19.4. The first-order chi connectivity index (χ1) is 12.8. The van der Waals surface area contributed by atoms with E-state index >= 15 is 0 Å². The molecule has 1 fully saturated rings. The molecule has 27 heavy (non-hydrogen) atoms. The van der Waals surface area contributed by atoms with E-state index in [4.69, 9.17) is 10.8 Å². The maximum Gasteiger partial charge on any atom is 0.325 e. The number of halogens is 1. The zero-order valence-electron chi connectivity index (χ0n) is 14.5. The number of hydrogen-bond acceptors (Lipinski definition) is 4. The van der Waals surface area contributed by atoms with Crippen LogP contribution in [0.3, 0.4) is 0 Å². The van der Waals surface area contributed by atoms with Crippen LogP contribution >= 0.6 is 15.9 Å². The molecule has 8 nitrogen and oxygen atoms in total. The molecule has 3 rings (SSSR count). The topological polar surface area (TPSA) is 126 Å². The van der Waals surface area contributed by atoms with Gasteiger partial charge in [-0.15, -0.1) is 0 Å². The van der Waals surface area contributed by atoms with E-state index in [1.165, 1.54) is 0 Å². The number of nitrogens with two attached hydrogens (primary N) is 1. The monoisotopic (exact) mass is 437 g/mol. The Morgan fingerprint density at radius 2 is 2.04 bits per heavy atom. The number of nitrogens with zero attached hydrogens (tertiary/aromatic N) is 2. The highest BCUT2D eigenvalue weighted by molar-refractivity contribution is 9.10. The van der Waals surface area contributed by atoms with Crippen molar-refractivity contribution >= 4 is 44.7 Å². The fourth-order valence-corrected chi connectivity index (χ4v) is 4.12. The Bertz CT molecular complexity index is 910. The maximum absolute atomic E-state index is 12.1. The molecule has 0 unspecified atom stereocenters. The first-order valence-corrected chi connectivity index (χ1v) is 9.37. The molecule has 2 atom stereocenters. The Morgan fingerprint density at radius 3 is 2.67 bits per heavy atom. The van der Waals surface area contributed by atoms with Crippen molar-refractivity contribution in [1.82, 2.24) is 9.47 Å². The number of likely N-dealkylation sites (tertiary alicyclic amines) is 1. The highest BCUT2D eigenvalue weighted by Gasteiger charge is 2.39. The van der Waals surface area contributed by atoms with E-state index in [0.29, 0.717) is 30.3 Å². The summed E-state index contributed by atoms with van der Waals surface area (Å²) in [7, 11) is 0. The zero-order valence-corrected chi connectivity index (χ0v) is 16.1. The number of carboxylic acid groups (broad SMARTS) is 2. The molecule has 1 aromatic carbocycles. The second kappa shape index (κ2) is 7.69. The van der Waals surface area contributed by atoms with Crippen LogP contribution in [-0.4, -0.2) is 50.1 Å². The fraction of sp³-hybridized carbons (Fsp3) is 0.389. The summed E-state index contributed by atoms with van der Waals surface area (Å²) in [5, 5.41) is 19.6. The van der Waals surface area contributed by atoms with Crippen molar-refractivity contribution in [3.05, 3.63) is 34.4 Å². The largest absolute Gasteiger partial charge is 0.481 e. The molecule has 0 saturated carbocycles. The molecular weight excluding hydrogens is 418 g/mol. The van der Waals surface area contributed by atoms with Crippen LogP contribution in [0, 0.1) is 0 Å². The molecular formula is C18H20BrN3O5. The molecule has 0 spiro atoms. The highest BCUT2D eigenvalue weighted by atomic mass is 79.9. The third-order valence-corrected chi connectivity index (χ3v) is 5.42. The van der Waals surface area contributed by atoms with Crippen molar-refractivity contribution in [2.75, 3.05) is 6.54 Å². The van der Waals surface area contributed by atoms with Crippen LogP contribution in [-0.2, 0) is 20.9 Å². The first-order valence-electron chi connectivity index (χ1n) is 8.57. The maximum atomic E-state index is 12.1. The molecule has 9 heteroatoms. The van der Waals surface area contributed by atoms with Crippen LogP contribution in [0.2, 0.25) is 0 Å². The minimum absolute atomic E-state index is 0.0822. The Balaban J connectivity index is 2.11. The molecule has 1 aromatic heterocycles. The molecule has 1 amide bonds. The van der Waals surface area contributed by atoms with Crippen molar-refractivity contribution in [2.45, 2.75) is 37.9 Å². The molecule has 0 aliphatic carbocycles. The number of primary amides is 1. The number of fused-ring (bicyclic) bond motifs is 1. The van der Waals surface area contributed by atoms with E-state index in [1.807, 2.05) is 12.1 Å². The summed E-state index contributed by atoms with van der Waals surface area (Å²) in [5.41, 5.74) is 6.74. The number of aryl methyl sites for hydroxylation is 1. The lowest BCUT2D eigenvalue weighted by atomic mass is 10.0. The van der Waals surface area contributed by atoms with Gasteiger partial charge in [-0.2, -0.15) is 0 Å². The molecule has 2 heterocycles. The van der Waals surface area contributed by atoms with E-state index in [-0.39, 0.29) is 13.0 Å². The fourth-order valence-electron chi connectivity index (χ4n) is 3.77. The van der Waals surface area contributed by atoms with Crippen LogP contribution < -0.4 is 5.73 Å². The van der Waals surface area contributed by atoms with Crippen molar-refractivity contribution < 1.29 is 24.6 Å². The second-order valence-corrected chi connectivity index (χ2v) is 7.54. The average Bonchev–Trinajstić information content (AvgIpc) is 3.18. The SMILES string of the molecule is NC(=O)[C@@H]1CCCN1[C@H](C(=O)O)c1cn(CCC(=O)O)c2cc(Br)ccc12. The van der Waals surface area contributed by atoms with Gasteiger partial charge in [-0.05, 0) is 25.0 Å². The van der Waals surface area contributed by atoms with Crippen LogP contribution in [0.4, 0.5) is 0 Å². The number of hydrogen-bond donors (Lipinski definition) is 3. The molecule has 1 saturated heterocycles. The number of carbonyl (C=O) groups is 3. The lowest BCUT2D eigenvalue weighted by Crippen LogP contribution is -2.44. The van der Waals surface area contributed by atoms with Crippen molar-refractivity contribution in [3.8, 4) is 0 Å². The zero-order chi connectivity index (χ0) is 19.7. The normalized spacial score (nSPS) is 18.6. The summed E-state index contributed by atoms with van der Waals surface area (Å²) >= 11 is 3.40. The lowest BCUT2D eigenvalue weighted by molar-refractivity contribution is -0.145. The minimum atomic E-state index is -1.07. The van der Waals surface area contributed by atoms with Gasteiger partial charge in [0, 0.05) is 40.2 Å². The number of carbonyl (C=O) groups excluding carboxylic acids is 1. The summed E-state index contributed by atoms with van der Waals surface area (Å²) in [6, 6.07) is 3.78. The van der Waals surface area contributed by atoms with E-state index in [1.54, 1.807) is 21.7 Å². The Labute approximate surface area is 163 Å². The third kappa shape index (κ3) is 3.84. The van der Waals surface area contributed by atoms with Gasteiger partial charge in [0.2, 0.25) is 5.91 Å². The van der Waals surface area contributed by atoms with Gasteiger partial charge < -0.3 is 20.5 Å². The predicted molar refractivity (Wildman–Crippen MR) is 101 cm³/mol. The predicted octanol–water partition coefficient (Wildman–Crippen LogP) is 1.95. The minimum Gasteiger partial charge on any atom is -0.481 e. The summed E-state index contributed by atoms with van der Waals surface area (Å²) in [6.07, 6.45) is 2.82. The van der Waals surface area contributed by atoms with Gasteiger partial charge in [0.1, 0.15) is 6.04 Å². The number of carboxylic acids is 2. The molecule has 144 valence electrons. The van der Waals surface area contributed by atoms with E-state index in [0.717, 1.165) is 9.99 Å². The number of aromatic nitrogens is 1. The van der Waals surface area contributed by atoms with E-state index in [2.05, 4.69) is 15.9 Å². The Kier molecular flexibility index (Phi) is 5.52. The molecule has 1 aliphatic heterocycles. The van der Waals surface area contributed by atoms with Gasteiger partial charge in [-0.3, -0.25) is 19.3 Å². The Hall–Kier alpha value is -2.39. The summed E-state index contributed by atoms with van der Waals surface area (Å²) in [6.45, 7) is 0.677. The van der Waals surface area contributed by atoms with E-state index < -0.39 is 29.9 Å². The van der Waals surface area contributed by atoms with Crippen LogP contribution in [0.25, 0.3) is 10.9 Å². The standard InChI is InChI=1S/C18H20BrN3O5/c19-10-3-4-11-12(9-21(14(11)8-10)7-5-15(23)24)16(18(26)27)22-6-1-2-13(22)17(20)25/h3-4,8-9,13,16H,1-2,5-7H2,(H2,20,25)(H,23,24)(H,26,27)/t13-,16-/m0/s1. The third-order valence-electron chi connectivity index (χ3n) is 4.92. The second-order valence-electron chi connectivity index (χ2n) is 6.62.